The van der Waals surface area contributed by atoms with Crippen LogP contribution in [0, 0.1) is 0 Å². The van der Waals surface area contributed by atoms with E-state index >= 15 is 0 Å². The van der Waals surface area contributed by atoms with Crippen LogP contribution in [0.1, 0.15) is 5.69 Å². The van der Waals surface area contributed by atoms with Gasteiger partial charge < -0.3 is 4.74 Å². The van der Waals surface area contributed by atoms with Crippen molar-refractivity contribution in [1.29, 1.82) is 0 Å². The largest absolute Gasteiger partial charge is 0.497 e. The van der Waals surface area contributed by atoms with Gasteiger partial charge in [-0.1, -0.05) is 30.3 Å². The van der Waals surface area contributed by atoms with Crippen LogP contribution in [0.5, 0.6) is 5.75 Å². The third kappa shape index (κ3) is 2.62. The van der Waals surface area contributed by atoms with Crippen LogP contribution in [0.15, 0.2) is 54.6 Å². The first-order valence-electron chi connectivity index (χ1n) is 6.60. The van der Waals surface area contributed by atoms with Gasteiger partial charge in [0.25, 0.3) is 0 Å². The summed E-state index contributed by atoms with van der Waals surface area (Å²) >= 11 is 0. The maximum absolute atomic E-state index is 13.1. The molecule has 0 N–H and O–H groups in total. The predicted octanol–water partition coefficient (Wildman–Crippen LogP) is 4.93. The number of alkyl halides is 3. The van der Waals surface area contributed by atoms with Crippen molar-refractivity contribution in [2.75, 3.05) is 7.11 Å². The normalized spacial score (nSPS) is 11.6. The number of halogens is 3. The molecule has 1 aromatic heterocycles. The first-order chi connectivity index (χ1) is 10.5. The smallest absolute Gasteiger partial charge is 0.433 e. The van der Waals surface area contributed by atoms with Crippen LogP contribution in [-0.2, 0) is 6.18 Å². The van der Waals surface area contributed by atoms with Crippen molar-refractivity contribution in [2.24, 2.45) is 0 Å². The molecule has 0 radical (unpaired) electrons. The first-order valence-corrected chi connectivity index (χ1v) is 6.60. The van der Waals surface area contributed by atoms with Gasteiger partial charge >= 0.3 is 6.18 Å². The molecular formula is C17H12F3NO. The second kappa shape index (κ2) is 5.33. The van der Waals surface area contributed by atoms with Crippen molar-refractivity contribution in [3.05, 3.63) is 60.3 Å². The average Bonchev–Trinajstić information content (AvgIpc) is 2.53. The Morgan fingerprint density at radius 1 is 0.955 bits per heavy atom. The molecular weight excluding hydrogens is 291 g/mol. The summed E-state index contributed by atoms with van der Waals surface area (Å²) in [6.07, 6.45) is -4.49. The lowest BCUT2D eigenvalue weighted by Crippen LogP contribution is -2.08. The number of rotatable bonds is 2. The topological polar surface area (TPSA) is 22.1 Å². The zero-order valence-corrected chi connectivity index (χ0v) is 11.7. The van der Waals surface area contributed by atoms with Crippen molar-refractivity contribution in [3.63, 3.8) is 0 Å². The van der Waals surface area contributed by atoms with E-state index in [1.54, 1.807) is 36.4 Å². The molecule has 0 unspecified atom stereocenters. The lowest BCUT2D eigenvalue weighted by atomic mass is 10.00. The van der Waals surface area contributed by atoms with Crippen LogP contribution < -0.4 is 4.74 Å². The van der Waals surface area contributed by atoms with Crippen LogP contribution in [0.25, 0.3) is 22.0 Å². The lowest BCUT2D eigenvalue weighted by molar-refractivity contribution is -0.140. The average molecular weight is 303 g/mol. The minimum Gasteiger partial charge on any atom is -0.497 e. The predicted molar refractivity (Wildman–Crippen MR) is 78.7 cm³/mol. The highest BCUT2D eigenvalue weighted by atomic mass is 19.4. The Kier molecular flexibility index (Phi) is 3.48. The SMILES string of the molecule is COc1ccc2nc(C(F)(F)F)cc(-c3ccccc3)c2c1. The summed E-state index contributed by atoms with van der Waals surface area (Å²) in [6.45, 7) is 0. The van der Waals surface area contributed by atoms with Crippen molar-refractivity contribution >= 4 is 10.9 Å². The highest BCUT2D eigenvalue weighted by Crippen LogP contribution is 2.36. The fraction of sp³-hybridized carbons (Fsp3) is 0.118. The number of benzene rings is 2. The monoisotopic (exact) mass is 303 g/mol. The van der Waals surface area contributed by atoms with Gasteiger partial charge in [0.2, 0.25) is 0 Å². The molecule has 2 aromatic carbocycles. The molecule has 0 saturated carbocycles. The molecule has 22 heavy (non-hydrogen) atoms. The second-order valence-corrected chi connectivity index (χ2v) is 4.80. The van der Waals surface area contributed by atoms with E-state index < -0.39 is 11.9 Å². The number of hydrogen-bond acceptors (Lipinski definition) is 2. The summed E-state index contributed by atoms with van der Waals surface area (Å²) in [5.74, 6) is 0.575. The Hall–Kier alpha value is -2.56. The standard InChI is InChI=1S/C17H12F3NO/c1-22-12-7-8-15-14(9-12)13(11-5-3-2-4-6-11)10-16(21-15)17(18,19)20/h2-10H,1H3. The van der Waals surface area contributed by atoms with E-state index in [4.69, 9.17) is 4.74 Å². The maximum atomic E-state index is 13.1. The molecule has 5 heteroatoms. The van der Waals surface area contributed by atoms with E-state index in [1.807, 2.05) is 6.07 Å². The molecule has 0 bridgehead atoms. The summed E-state index contributed by atoms with van der Waals surface area (Å²) in [6, 6.07) is 14.9. The van der Waals surface area contributed by atoms with Crippen molar-refractivity contribution in [3.8, 4) is 16.9 Å². The summed E-state index contributed by atoms with van der Waals surface area (Å²) in [5.41, 5.74) is 0.573. The van der Waals surface area contributed by atoms with Gasteiger partial charge in [-0.25, -0.2) is 4.98 Å². The number of fused-ring (bicyclic) bond motifs is 1. The molecule has 0 spiro atoms. The van der Waals surface area contributed by atoms with E-state index in [-0.39, 0.29) is 5.52 Å². The molecule has 0 saturated heterocycles. The summed E-state index contributed by atoms with van der Waals surface area (Å²) in [4.78, 5) is 3.73. The van der Waals surface area contributed by atoms with E-state index in [2.05, 4.69) is 4.98 Å². The Morgan fingerprint density at radius 2 is 1.68 bits per heavy atom. The quantitative estimate of drug-likeness (QED) is 0.669. The lowest BCUT2D eigenvalue weighted by Gasteiger charge is -2.13. The Labute approximate surface area is 125 Å². The second-order valence-electron chi connectivity index (χ2n) is 4.80. The molecule has 0 aliphatic heterocycles. The van der Waals surface area contributed by atoms with Gasteiger partial charge in [-0.2, -0.15) is 13.2 Å². The Morgan fingerprint density at radius 3 is 2.32 bits per heavy atom. The van der Waals surface area contributed by atoms with Gasteiger partial charge in [-0.05, 0) is 35.4 Å². The van der Waals surface area contributed by atoms with Crippen LogP contribution in [0.2, 0.25) is 0 Å². The number of aromatic nitrogens is 1. The number of nitrogens with zero attached hydrogens (tertiary/aromatic N) is 1. The van der Waals surface area contributed by atoms with Gasteiger partial charge in [0.1, 0.15) is 11.4 Å². The molecule has 3 aromatic rings. The van der Waals surface area contributed by atoms with Crippen molar-refractivity contribution < 1.29 is 17.9 Å². The first kappa shape index (κ1) is 14.4. The summed E-state index contributed by atoms with van der Waals surface area (Å²) in [7, 11) is 1.51. The minimum atomic E-state index is -4.49. The molecule has 0 aliphatic carbocycles. The third-order valence-corrected chi connectivity index (χ3v) is 3.39. The van der Waals surface area contributed by atoms with E-state index in [9.17, 15) is 13.2 Å². The fourth-order valence-electron chi connectivity index (χ4n) is 2.33. The number of methoxy groups -OCH3 is 1. The number of pyridine rings is 1. The van der Waals surface area contributed by atoms with Crippen molar-refractivity contribution in [2.45, 2.75) is 6.18 Å². The van der Waals surface area contributed by atoms with Crippen LogP contribution >= 0.6 is 0 Å². The molecule has 0 fully saturated rings. The Balaban J connectivity index is 2.34. The number of ether oxygens (including phenoxy) is 1. The molecule has 112 valence electrons. The van der Waals surface area contributed by atoms with Crippen LogP contribution in [0.4, 0.5) is 13.2 Å². The number of hydrogen-bond donors (Lipinski definition) is 0. The molecule has 0 amide bonds. The molecule has 0 atom stereocenters. The van der Waals surface area contributed by atoms with Gasteiger partial charge in [0.05, 0.1) is 12.6 Å². The van der Waals surface area contributed by atoms with E-state index in [1.165, 1.54) is 13.2 Å². The Bertz CT molecular complexity index is 813. The van der Waals surface area contributed by atoms with Gasteiger partial charge in [-0.15, -0.1) is 0 Å². The molecule has 3 rings (SSSR count). The van der Waals surface area contributed by atoms with E-state index in [0.717, 1.165) is 6.07 Å². The molecule has 1 heterocycles. The molecule has 2 nitrogen and oxygen atoms in total. The summed E-state index contributed by atoms with van der Waals surface area (Å²) < 4.78 is 44.4. The third-order valence-electron chi connectivity index (χ3n) is 3.39. The minimum absolute atomic E-state index is 0.287. The van der Waals surface area contributed by atoms with Crippen LogP contribution in [0.3, 0.4) is 0 Å². The van der Waals surface area contributed by atoms with Gasteiger partial charge in [-0.3, -0.25) is 0 Å². The van der Waals surface area contributed by atoms with Gasteiger partial charge in [0, 0.05) is 5.39 Å². The zero-order chi connectivity index (χ0) is 15.7. The zero-order valence-electron chi connectivity index (χ0n) is 11.7. The van der Waals surface area contributed by atoms with E-state index in [0.29, 0.717) is 22.3 Å². The highest BCUT2D eigenvalue weighted by Gasteiger charge is 2.33. The summed E-state index contributed by atoms with van der Waals surface area (Å²) in [5, 5.41) is 0.624. The maximum Gasteiger partial charge on any atom is 0.433 e. The fourth-order valence-corrected chi connectivity index (χ4v) is 2.33. The molecule has 0 aliphatic rings. The highest BCUT2D eigenvalue weighted by molar-refractivity contribution is 5.95. The van der Waals surface area contributed by atoms with Crippen LogP contribution in [-0.4, -0.2) is 12.1 Å². The van der Waals surface area contributed by atoms with Crippen molar-refractivity contribution in [1.82, 2.24) is 4.98 Å². The van der Waals surface area contributed by atoms with Gasteiger partial charge in [0.15, 0.2) is 0 Å².